The molecular weight excluding hydrogens is 268 g/mol. The van der Waals surface area contributed by atoms with Gasteiger partial charge in [0.25, 0.3) is 0 Å². The van der Waals surface area contributed by atoms with E-state index in [-0.39, 0.29) is 16.4 Å². The number of hydrogen-bond acceptors (Lipinski definition) is 6. The molecule has 0 aliphatic heterocycles. The van der Waals surface area contributed by atoms with Crippen LogP contribution in [0.5, 0.6) is 0 Å². The molecule has 0 aliphatic carbocycles. The zero-order chi connectivity index (χ0) is 14.6. The van der Waals surface area contributed by atoms with Gasteiger partial charge in [-0.15, -0.1) is 5.11 Å². The minimum absolute atomic E-state index is 0.132. The highest BCUT2D eigenvalue weighted by Gasteiger charge is 2.08. The Bertz CT molecular complexity index is 639. The number of hydrogen-bond donors (Lipinski definition) is 1. The van der Waals surface area contributed by atoms with Gasteiger partial charge in [-0.05, 0) is 31.2 Å². The number of aliphatic hydroxyl groups is 1. The van der Waals surface area contributed by atoms with Crippen LogP contribution in [0.15, 0.2) is 50.8 Å². The maximum absolute atomic E-state index is 11.2. The Morgan fingerprint density at radius 2 is 1.68 bits per heavy atom. The Labute approximate surface area is 111 Å². The van der Waals surface area contributed by atoms with Crippen molar-refractivity contribution >= 4 is 21.3 Å². The molecule has 0 bridgehead atoms. The summed E-state index contributed by atoms with van der Waals surface area (Å²) in [4.78, 5) is 11.3. The third kappa shape index (κ3) is 4.29. The number of carbonyl (C=O) groups is 1. The van der Waals surface area contributed by atoms with Crippen molar-refractivity contribution in [2.75, 3.05) is 6.26 Å². The lowest BCUT2D eigenvalue weighted by Crippen LogP contribution is -1.96. The van der Waals surface area contributed by atoms with Gasteiger partial charge in [-0.25, -0.2) is 8.42 Å². The van der Waals surface area contributed by atoms with Crippen LogP contribution in [0.1, 0.15) is 13.8 Å². The van der Waals surface area contributed by atoms with E-state index in [4.69, 9.17) is 0 Å². The van der Waals surface area contributed by atoms with Crippen LogP contribution in [-0.4, -0.2) is 25.6 Å². The lowest BCUT2D eigenvalue weighted by molar-refractivity contribution is -0.113. The molecule has 0 spiro atoms. The topological polar surface area (TPSA) is 96.2 Å². The SMILES string of the molecule is CC(=O)/C(N=Nc1ccc(S(C)(=O)=O)cc1)=C(/C)O. The van der Waals surface area contributed by atoms with E-state index < -0.39 is 15.6 Å². The second-order valence-electron chi connectivity index (χ2n) is 3.96. The molecule has 7 heteroatoms. The zero-order valence-corrected chi connectivity index (χ0v) is 11.6. The van der Waals surface area contributed by atoms with E-state index in [2.05, 4.69) is 10.2 Å². The van der Waals surface area contributed by atoms with Gasteiger partial charge in [0.2, 0.25) is 0 Å². The van der Waals surface area contributed by atoms with E-state index in [0.717, 1.165) is 6.26 Å². The largest absolute Gasteiger partial charge is 0.510 e. The van der Waals surface area contributed by atoms with Crippen molar-refractivity contribution in [3.8, 4) is 0 Å². The molecule has 0 heterocycles. The van der Waals surface area contributed by atoms with Crippen LogP contribution in [0.4, 0.5) is 5.69 Å². The molecule has 0 fully saturated rings. The molecule has 102 valence electrons. The van der Waals surface area contributed by atoms with Crippen LogP contribution in [0.3, 0.4) is 0 Å². The maximum atomic E-state index is 11.2. The van der Waals surface area contributed by atoms with Crippen molar-refractivity contribution in [1.29, 1.82) is 0 Å². The number of allylic oxidation sites excluding steroid dienone is 2. The molecule has 6 nitrogen and oxygen atoms in total. The number of sulfone groups is 1. The van der Waals surface area contributed by atoms with Crippen LogP contribution in [0, 0.1) is 0 Å². The van der Waals surface area contributed by atoms with Crippen LogP contribution in [0.2, 0.25) is 0 Å². The first-order valence-electron chi connectivity index (χ1n) is 5.34. The molecule has 0 saturated heterocycles. The summed E-state index contributed by atoms with van der Waals surface area (Å²) in [5.74, 6) is -0.625. The van der Waals surface area contributed by atoms with E-state index in [1.165, 1.54) is 38.1 Å². The summed E-state index contributed by atoms with van der Waals surface area (Å²) >= 11 is 0. The molecule has 1 N–H and O–H groups in total. The lowest BCUT2D eigenvalue weighted by atomic mass is 10.3. The summed E-state index contributed by atoms with van der Waals surface area (Å²) in [6, 6.07) is 5.72. The molecule has 0 amide bonds. The quantitative estimate of drug-likeness (QED) is 0.521. The van der Waals surface area contributed by atoms with Gasteiger partial charge in [0.15, 0.2) is 21.3 Å². The van der Waals surface area contributed by atoms with Crippen LogP contribution < -0.4 is 0 Å². The second-order valence-corrected chi connectivity index (χ2v) is 5.97. The van der Waals surface area contributed by atoms with E-state index in [9.17, 15) is 18.3 Å². The number of nitrogens with zero attached hydrogens (tertiary/aromatic N) is 2. The molecule has 0 saturated carbocycles. The fourth-order valence-electron chi connectivity index (χ4n) is 1.27. The smallest absolute Gasteiger partial charge is 0.183 e. The molecule has 1 aromatic carbocycles. The first kappa shape index (κ1) is 15.0. The van der Waals surface area contributed by atoms with Gasteiger partial charge in [-0.2, -0.15) is 5.11 Å². The minimum Gasteiger partial charge on any atom is -0.510 e. The van der Waals surface area contributed by atoms with Gasteiger partial charge in [0, 0.05) is 13.2 Å². The number of rotatable bonds is 4. The summed E-state index contributed by atoms with van der Waals surface area (Å²) in [5, 5.41) is 16.6. The van der Waals surface area contributed by atoms with E-state index >= 15 is 0 Å². The van der Waals surface area contributed by atoms with Crippen LogP contribution >= 0.6 is 0 Å². The first-order chi connectivity index (χ1) is 8.71. The third-order valence-corrected chi connectivity index (χ3v) is 3.33. The summed E-state index contributed by atoms with van der Waals surface area (Å²) in [5.41, 5.74) is 0.250. The van der Waals surface area contributed by atoms with Crippen molar-refractivity contribution in [2.45, 2.75) is 18.7 Å². The Hall–Kier alpha value is -2.02. The number of carbonyl (C=O) groups excluding carboxylic acids is 1. The van der Waals surface area contributed by atoms with Crippen molar-refractivity contribution in [2.24, 2.45) is 10.2 Å². The molecule has 0 unspecified atom stereocenters. The molecule has 0 radical (unpaired) electrons. The van der Waals surface area contributed by atoms with Crippen molar-refractivity contribution in [3.63, 3.8) is 0 Å². The molecule has 0 aliphatic rings. The number of ketones is 1. The second kappa shape index (κ2) is 5.75. The molecular formula is C12H14N2O4S. The molecule has 19 heavy (non-hydrogen) atoms. The first-order valence-corrected chi connectivity index (χ1v) is 7.23. The van der Waals surface area contributed by atoms with Crippen molar-refractivity contribution < 1.29 is 18.3 Å². The molecule has 1 aromatic rings. The van der Waals surface area contributed by atoms with Gasteiger partial charge in [0.1, 0.15) is 5.76 Å². The summed E-state index contributed by atoms with van der Waals surface area (Å²) in [6.45, 7) is 2.60. The number of Topliss-reactive ketones (excluding diaryl/α,β-unsaturated/α-hetero) is 1. The number of benzene rings is 1. The Balaban J connectivity index is 3.02. The van der Waals surface area contributed by atoms with Gasteiger partial charge in [-0.1, -0.05) is 0 Å². The van der Waals surface area contributed by atoms with Crippen molar-refractivity contribution in [3.05, 3.63) is 35.7 Å². The zero-order valence-electron chi connectivity index (χ0n) is 10.8. The highest BCUT2D eigenvalue weighted by molar-refractivity contribution is 7.90. The number of aliphatic hydroxyl groups excluding tert-OH is 1. The third-order valence-electron chi connectivity index (χ3n) is 2.21. The number of azo groups is 1. The average molecular weight is 282 g/mol. The fraction of sp³-hybridized carbons (Fsp3) is 0.250. The summed E-state index contributed by atoms with van der Waals surface area (Å²) in [6.07, 6.45) is 1.11. The molecule has 1 rings (SSSR count). The minimum atomic E-state index is -3.25. The van der Waals surface area contributed by atoms with E-state index in [1.807, 2.05) is 0 Å². The molecule has 0 aromatic heterocycles. The summed E-state index contributed by atoms with van der Waals surface area (Å²) in [7, 11) is -3.25. The highest BCUT2D eigenvalue weighted by Crippen LogP contribution is 2.18. The molecule has 0 atom stereocenters. The van der Waals surface area contributed by atoms with Gasteiger partial charge < -0.3 is 5.11 Å². The van der Waals surface area contributed by atoms with Gasteiger partial charge >= 0.3 is 0 Å². The normalized spacial score (nSPS) is 13.4. The monoisotopic (exact) mass is 282 g/mol. The Kier molecular flexibility index (Phi) is 4.55. The predicted octanol–water partition coefficient (Wildman–Crippen LogP) is 2.55. The fourth-order valence-corrected chi connectivity index (χ4v) is 1.90. The predicted molar refractivity (Wildman–Crippen MR) is 70.1 cm³/mol. The summed E-state index contributed by atoms with van der Waals surface area (Å²) < 4.78 is 22.5. The maximum Gasteiger partial charge on any atom is 0.183 e. The highest BCUT2D eigenvalue weighted by atomic mass is 32.2. The lowest BCUT2D eigenvalue weighted by Gasteiger charge is -1.99. The standard InChI is InChI=1S/C12H14N2O4S/c1-8(15)12(9(2)16)14-13-10-4-6-11(7-5-10)19(3,17)18/h4-7,15H,1-3H3/b12-8+,14-13?. The van der Waals surface area contributed by atoms with Crippen LogP contribution in [-0.2, 0) is 14.6 Å². The Morgan fingerprint density at radius 3 is 2.05 bits per heavy atom. The van der Waals surface area contributed by atoms with Gasteiger partial charge in [-0.3, -0.25) is 4.79 Å². The van der Waals surface area contributed by atoms with Crippen molar-refractivity contribution in [1.82, 2.24) is 0 Å². The Morgan fingerprint density at radius 1 is 1.16 bits per heavy atom. The van der Waals surface area contributed by atoms with E-state index in [0.29, 0.717) is 5.69 Å². The van der Waals surface area contributed by atoms with Crippen LogP contribution in [0.25, 0.3) is 0 Å². The van der Waals surface area contributed by atoms with E-state index in [1.54, 1.807) is 0 Å². The average Bonchev–Trinajstić information content (AvgIpc) is 2.27. The van der Waals surface area contributed by atoms with Gasteiger partial charge in [0.05, 0.1) is 10.6 Å².